The van der Waals surface area contributed by atoms with Crippen molar-refractivity contribution in [3.05, 3.63) is 46.8 Å². The fourth-order valence-corrected chi connectivity index (χ4v) is 4.04. The van der Waals surface area contributed by atoms with Gasteiger partial charge in [-0.2, -0.15) is 13.2 Å². The molecule has 1 aliphatic rings. The molecule has 3 rings (SSSR count). The zero-order valence-corrected chi connectivity index (χ0v) is 17.8. The van der Waals surface area contributed by atoms with Crippen LogP contribution in [0.1, 0.15) is 46.7 Å². The van der Waals surface area contributed by atoms with Crippen molar-refractivity contribution in [2.45, 2.75) is 37.9 Å². The maximum Gasteiger partial charge on any atom is 0.406 e. The molecule has 1 heterocycles. The maximum atomic E-state index is 13.2. The smallest absolute Gasteiger partial charge is 0.364 e. The Balaban J connectivity index is 1.70. The van der Waals surface area contributed by atoms with E-state index in [0.717, 1.165) is 18.5 Å². The molecule has 0 bridgehead atoms. The predicted molar refractivity (Wildman–Crippen MR) is 110 cm³/mol. The van der Waals surface area contributed by atoms with Gasteiger partial charge in [0.1, 0.15) is 18.1 Å². The van der Waals surface area contributed by atoms with Crippen LogP contribution in [0.5, 0.6) is 0 Å². The number of benzene rings is 1. The van der Waals surface area contributed by atoms with Crippen molar-refractivity contribution in [3.63, 3.8) is 0 Å². The first-order valence-electron chi connectivity index (χ1n) is 9.93. The average molecular weight is 490 g/mol. The SMILES string of the molecule is NC(=O)c1nc[nH]c1C(=O)N(CC(F)(F)F)C1CCC(C(=O)Nc2ccc(F)cc2Cl)CC1. The number of primary amides is 1. The predicted octanol–water partition coefficient (Wildman–Crippen LogP) is 3.50. The lowest BCUT2D eigenvalue weighted by molar-refractivity contribution is -0.146. The molecule has 1 aromatic carbocycles. The topological polar surface area (TPSA) is 121 Å². The molecule has 1 fully saturated rings. The van der Waals surface area contributed by atoms with Gasteiger partial charge in [-0.25, -0.2) is 9.37 Å². The number of carbonyl (C=O) groups excluding carboxylic acids is 3. The molecular formula is C20H20ClF4N5O3. The van der Waals surface area contributed by atoms with Crippen molar-refractivity contribution < 1.29 is 31.9 Å². The Bertz CT molecular complexity index is 1050. The molecule has 0 spiro atoms. The van der Waals surface area contributed by atoms with Crippen LogP contribution in [0, 0.1) is 11.7 Å². The Morgan fingerprint density at radius 1 is 1.21 bits per heavy atom. The molecule has 1 aliphatic carbocycles. The molecule has 1 saturated carbocycles. The van der Waals surface area contributed by atoms with Gasteiger partial charge < -0.3 is 20.9 Å². The van der Waals surface area contributed by atoms with Crippen molar-refractivity contribution in [2.24, 2.45) is 11.7 Å². The zero-order valence-electron chi connectivity index (χ0n) is 17.1. The Labute approximate surface area is 190 Å². The quantitative estimate of drug-likeness (QED) is 0.538. The highest BCUT2D eigenvalue weighted by Crippen LogP contribution is 2.32. The van der Waals surface area contributed by atoms with Gasteiger partial charge in [-0.3, -0.25) is 14.4 Å². The Hall–Kier alpha value is -3.15. The minimum Gasteiger partial charge on any atom is -0.364 e. The van der Waals surface area contributed by atoms with Crippen molar-refractivity contribution in [2.75, 3.05) is 11.9 Å². The molecule has 1 aromatic heterocycles. The second-order valence-electron chi connectivity index (χ2n) is 7.66. The molecule has 0 radical (unpaired) electrons. The van der Waals surface area contributed by atoms with Crippen molar-refractivity contribution in [1.29, 1.82) is 0 Å². The second kappa shape index (κ2) is 9.77. The molecule has 33 heavy (non-hydrogen) atoms. The van der Waals surface area contributed by atoms with Crippen molar-refractivity contribution in [3.8, 4) is 0 Å². The number of imidazole rings is 1. The first-order valence-corrected chi connectivity index (χ1v) is 10.3. The van der Waals surface area contributed by atoms with Crippen molar-refractivity contribution in [1.82, 2.24) is 14.9 Å². The fourth-order valence-electron chi connectivity index (χ4n) is 3.82. The molecule has 4 N–H and O–H groups in total. The summed E-state index contributed by atoms with van der Waals surface area (Å²) in [6.07, 6.45) is -3.02. The molecule has 0 unspecified atom stereocenters. The highest BCUT2D eigenvalue weighted by atomic mass is 35.5. The number of nitrogens with one attached hydrogen (secondary N) is 2. The number of hydrogen-bond acceptors (Lipinski definition) is 4. The summed E-state index contributed by atoms with van der Waals surface area (Å²) in [5.74, 6) is -3.60. The monoisotopic (exact) mass is 489 g/mol. The van der Waals surface area contributed by atoms with Gasteiger partial charge in [0, 0.05) is 12.0 Å². The molecule has 13 heteroatoms. The molecule has 8 nitrogen and oxygen atoms in total. The van der Waals surface area contributed by atoms with E-state index in [1.165, 1.54) is 6.07 Å². The van der Waals surface area contributed by atoms with Gasteiger partial charge in [-0.15, -0.1) is 0 Å². The van der Waals surface area contributed by atoms with E-state index in [1.807, 2.05) is 0 Å². The number of amides is 3. The molecule has 0 atom stereocenters. The van der Waals surface area contributed by atoms with Crippen LogP contribution in [0.2, 0.25) is 5.02 Å². The van der Waals surface area contributed by atoms with E-state index in [1.54, 1.807) is 0 Å². The average Bonchev–Trinajstić information content (AvgIpc) is 3.23. The van der Waals surface area contributed by atoms with Crippen LogP contribution < -0.4 is 11.1 Å². The third-order valence-electron chi connectivity index (χ3n) is 5.39. The van der Waals surface area contributed by atoms with Crippen LogP contribution in [-0.2, 0) is 4.79 Å². The zero-order chi connectivity index (χ0) is 24.3. The molecule has 0 aliphatic heterocycles. The lowest BCUT2D eigenvalue weighted by atomic mass is 9.84. The van der Waals surface area contributed by atoms with E-state index >= 15 is 0 Å². The first kappa shape index (κ1) is 24.5. The van der Waals surface area contributed by atoms with Gasteiger partial charge in [-0.05, 0) is 43.9 Å². The van der Waals surface area contributed by atoms with E-state index in [-0.39, 0.29) is 36.4 Å². The maximum absolute atomic E-state index is 13.2. The van der Waals surface area contributed by atoms with Crippen LogP contribution in [0.3, 0.4) is 0 Å². The van der Waals surface area contributed by atoms with Gasteiger partial charge >= 0.3 is 6.18 Å². The Morgan fingerprint density at radius 2 is 1.88 bits per heavy atom. The lowest BCUT2D eigenvalue weighted by Gasteiger charge is -2.36. The Kier molecular flexibility index (Phi) is 7.25. The third-order valence-corrected chi connectivity index (χ3v) is 5.71. The molecule has 3 amide bonds. The van der Waals surface area contributed by atoms with Gasteiger partial charge in [0.15, 0.2) is 5.69 Å². The number of hydrogen-bond donors (Lipinski definition) is 3. The highest BCUT2D eigenvalue weighted by molar-refractivity contribution is 6.33. The summed E-state index contributed by atoms with van der Waals surface area (Å²) in [4.78, 5) is 43.5. The van der Waals surface area contributed by atoms with Crippen molar-refractivity contribution >= 4 is 35.0 Å². The summed E-state index contributed by atoms with van der Waals surface area (Å²) in [7, 11) is 0. The lowest BCUT2D eigenvalue weighted by Crippen LogP contribution is -2.48. The van der Waals surface area contributed by atoms with Crippen LogP contribution in [0.15, 0.2) is 24.5 Å². The van der Waals surface area contributed by atoms with Gasteiger partial charge in [0.25, 0.3) is 11.8 Å². The van der Waals surface area contributed by atoms with E-state index in [0.29, 0.717) is 4.90 Å². The summed E-state index contributed by atoms with van der Waals surface area (Å²) >= 11 is 5.91. The largest absolute Gasteiger partial charge is 0.406 e. The minimum absolute atomic E-state index is 0.0174. The highest BCUT2D eigenvalue weighted by Gasteiger charge is 2.40. The normalized spacial score (nSPS) is 18.6. The number of carbonyl (C=O) groups is 3. The van der Waals surface area contributed by atoms with Crippen LogP contribution >= 0.6 is 11.6 Å². The number of aromatic amines is 1. The van der Waals surface area contributed by atoms with Crippen LogP contribution in [0.4, 0.5) is 23.2 Å². The van der Waals surface area contributed by atoms with E-state index in [9.17, 15) is 31.9 Å². The minimum atomic E-state index is -4.68. The van der Waals surface area contributed by atoms with E-state index < -0.39 is 59.6 Å². The summed E-state index contributed by atoms with van der Waals surface area (Å²) in [6, 6.07) is 2.67. The number of nitrogens with zero attached hydrogens (tertiary/aromatic N) is 2. The summed E-state index contributed by atoms with van der Waals surface area (Å²) in [5, 5.41) is 2.61. The Morgan fingerprint density at radius 3 is 2.45 bits per heavy atom. The number of rotatable bonds is 6. The second-order valence-corrected chi connectivity index (χ2v) is 8.06. The van der Waals surface area contributed by atoms with E-state index in [4.69, 9.17) is 17.3 Å². The molecule has 2 aromatic rings. The molecule has 0 saturated heterocycles. The van der Waals surface area contributed by atoms with Gasteiger partial charge in [0.2, 0.25) is 5.91 Å². The summed E-state index contributed by atoms with van der Waals surface area (Å²) in [6.45, 7) is -1.53. The van der Waals surface area contributed by atoms with E-state index in [2.05, 4.69) is 15.3 Å². The third kappa shape index (κ3) is 6.01. The number of aromatic nitrogens is 2. The number of anilines is 1. The molecule has 178 valence electrons. The van der Waals surface area contributed by atoms with Crippen LogP contribution in [-0.4, -0.2) is 51.4 Å². The number of alkyl halides is 3. The molecular weight excluding hydrogens is 470 g/mol. The number of nitrogens with two attached hydrogens (primary N) is 1. The number of halogens is 5. The summed E-state index contributed by atoms with van der Waals surface area (Å²) < 4.78 is 52.8. The first-order chi connectivity index (χ1) is 15.5. The standard InChI is InChI=1S/C20H20ClF4N5O3/c21-13-7-11(22)3-6-14(13)29-18(32)10-1-4-12(5-2-10)30(8-20(23,24)25)19(33)16-15(17(26)31)27-9-28-16/h3,6-7,9-10,12H,1-2,4-5,8H2,(H2,26,31)(H,27,28)(H,29,32). The number of H-pyrrole nitrogens is 1. The van der Waals surface area contributed by atoms with Gasteiger partial charge in [-0.1, -0.05) is 11.6 Å². The summed E-state index contributed by atoms with van der Waals surface area (Å²) in [5.41, 5.74) is 4.50. The van der Waals surface area contributed by atoms with Crippen LogP contribution in [0.25, 0.3) is 0 Å². The fraction of sp³-hybridized carbons (Fsp3) is 0.400. The van der Waals surface area contributed by atoms with Gasteiger partial charge in [0.05, 0.1) is 17.0 Å².